The average molecular weight is 447 g/mol. The van der Waals surface area contributed by atoms with Crippen LogP contribution in [0.15, 0.2) is 38.8 Å². The van der Waals surface area contributed by atoms with E-state index in [1.165, 1.54) is 34.1 Å². The summed E-state index contributed by atoms with van der Waals surface area (Å²) in [6.45, 7) is 1.84. The molecule has 1 aromatic carbocycles. The normalized spacial score (nSPS) is 16.4. The van der Waals surface area contributed by atoms with Gasteiger partial charge >= 0.3 is 5.69 Å². The van der Waals surface area contributed by atoms with Crippen LogP contribution in [0.25, 0.3) is 0 Å². The number of benzene rings is 1. The molecule has 0 atom stereocenters. The molecule has 0 bridgehead atoms. The van der Waals surface area contributed by atoms with Crippen LogP contribution in [0, 0.1) is 0 Å². The van der Waals surface area contributed by atoms with Crippen LogP contribution in [0.5, 0.6) is 0 Å². The Morgan fingerprint density at radius 2 is 1.64 bits per heavy atom. The van der Waals surface area contributed by atoms with E-state index in [4.69, 9.17) is 23.2 Å². The van der Waals surface area contributed by atoms with Crippen molar-refractivity contribution < 1.29 is 8.42 Å². The van der Waals surface area contributed by atoms with Crippen LogP contribution in [0.4, 0.5) is 0 Å². The van der Waals surface area contributed by atoms with E-state index >= 15 is 0 Å². The summed E-state index contributed by atoms with van der Waals surface area (Å²) in [6.07, 6.45) is 0. The maximum Gasteiger partial charge on any atom is 0.330 e. The Hall–Kier alpha value is -1.65. The first kappa shape index (κ1) is 21.1. The number of piperazine rings is 1. The van der Waals surface area contributed by atoms with Crippen LogP contribution < -0.4 is 11.2 Å². The minimum Gasteiger partial charge on any atom is -0.299 e. The summed E-state index contributed by atoms with van der Waals surface area (Å²) < 4.78 is 29.6. The van der Waals surface area contributed by atoms with Gasteiger partial charge in [-0.1, -0.05) is 29.3 Å². The van der Waals surface area contributed by atoms with Crippen LogP contribution in [-0.4, -0.2) is 52.9 Å². The molecule has 2 aromatic rings. The summed E-state index contributed by atoms with van der Waals surface area (Å²) in [4.78, 5) is 25.9. The second-order valence-electron chi connectivity index (χ2n) is 6.61. The number of hydrogen-bond acceptors (Lipinski definition) is 5. The molecule has 11 heteroatoms. The molecule has 0 radical (unpaired) electrons. The number of sulfonamides is 1. The molecular formula is C17H20Cl2N4O4S. The second-order valence-corrected chi connectivity index (χ2v) is 9.30. The van der Waals surface area contributed by atoms with Crippen molar-refractivity contribution in [3.8, 4) is 0 Å². The largest absolute Gasteiger partial charge is 0.330 e. The van der Waals surface area contributed by atoms with Gasteiger partial charge in [0.15, 0.2) is 0 Å². The first-order valence-corrected chi connectivity index (χ1v) is 10.7. The van der Waals surface area contributed by atoms with Gasteiger partial charge in [-0.05, 0) is 12.1 Å². The topological polar surface area (TPSA) is 84.6 Å². The summed E-state index contributed by atoms with van der Waals surface area (Å²) in [5, 5.41) is 0.203. The Morgan fingerprint density at radius 3 is 2.29 bits per heavy atom. The summed E-state index contributed by atoms with van der Waals surface area (Å²) in [5.74, 6) is 0. The maximum absolute atomic E-state index is 12.9. The Kier molecular flexibility index (Phi) is 6.02. The number of halogens is 2. The van der Waals surface area contributed by atoms with Gasteiger partial charge in [0, 0.05) is 58.6 Å². The Bertz CT molecular complexity index is 1120. The zero-order chi connectivity index (χ0) is 20.6. The van der Waals surface area contributed by atoms with Crippen molar-refractivity contribution in [2.45, 2.75) is 11.4 Å². The molecule has 0 aliphatic carbocycles. The van der Waals surface area contributed by atoms with E-state index in [9.17, 15) is 18.0 Å². The quantitative estimate of drug-likeness (QED) is 0.696. The minimum absolute atomic E-state index is 0.0101. The van der Waals surface area contributed by atoms with Gasteiger partial charge in [-0.15, -0.1) is 0 Å². The van der Waals surface area contributed by atoms with Crippen molar-refractivity contribution >= 4 is 33.2 Å². The monoisotopic (exact) mass is 446 g/mol. The lowest BCUT2D eigenvalue weighted by molar-refractivity contribution is 0.177. The second kappa shape index (κ2) is 8.00. The lowest BCUT2D eigenvalue weighted by atomic mass is 10.3. The molecule has 0 spiro atoms. The molecule has 1 aliphatic rings. The van der Waals surface area contributed by atoms with Crippen LogP contribution in [0.1, 0.15) is 5.69 Å². The molecule has 152 valence electrons. The first-order valence-electron chi connectivity index (χ1n) is 8.55. The number of aromatic nitrogens is 2. The van der Waals surface area contributed by atoms with Crippen molar-refractivity contribution in [3.63, 3.8) is 0 Å². The Morgan fingerprint density at radius 1 is 1.00 bits per heavy atom. The number of hydrogen-bond donors (Lipinski definition) is 0. The fourth-order valence-electron chi connectivity index (χ4n) is 3.11. The van der Waals surface area contributed by atoms with Crippen molar-refractivity contribution in [1.29, 1.82) is 0 Å². The molecule has 0 unspecified atom stereocenters. The Balaban J connectivity index is 1.74. The molecule has 1 aromatic heterocycles. The van der Waals surface area contributed by atoms with Gasteiger partial charge in [0.2, 0.25) is 10.0 Å². The molecule has 28 heavy (non-hydrogen) atoms. The first-order chi connectivity index (χ1) is 13.1. The molecule has 0 N–H and O–H groups in total. The van der Waals surface area contributed by atoms with Crippen molar-refractivity contribution in [1.82, 2.24) is 18.3 Å². The summed E-state index contributed by atoms with van der Waals surface area (Å²) in [7, 11) is -0.717. The SMILES string of the molecule is Cn1c(CN2CCN(S(=O)(=O)c3cccc(Cl)c3Cl)CC2)cc(=O)n(C)c1=O. The van der Waals surface area contributed by atoms with Gasteiger partial charge < -0.3 is 0 Å². The van der Waals surface area contributed by atoms with Crippen LogP contribution in [0.2, 0.25) is 10.0 Å². The summed E-state index contributed by atoms with van der Waals surface area (Å²) in [6, 6.07) is 5.95. The lowest BCUT2D eigenvalue weighted by Gasteiger charge is -2.34. The number of nitrogens with zero attached hydrogens (tertiary/aromatic N) is 4. The van der Waals surface area contributed by atoms with Crippen LogP contribution in [-0.2, 0) is 30.7 Å². The molecule has 1 saturated heterocycles. The molecule has 1 aliphatic heterocycles. The smallest absolute Gasteiger partial charge is 0.299 e. The highest BCUT2D eigenvalue weighted by atomic mass is 35.5. The van der Waals surface area contributed by atoms with Gasteiger partial charge in [-0.3, -0.25) is 18.8 Å². The van der Waals surface area contributed by atoms with E-state index in [0.29, 0.717) is 25.3 Å². The fourth-order valence-corrected chi connectivity index (χ4v) is 5.27. The van der Waals surface area contributed by atoms with E-state index in [2.05, 4.69) is 0 Å². The van der Waals surface area contributed by atoms with Crippen LogP contribution in [0.3, 0.4) is 0 Å². The summed E-state index contributed by atoms with van der Waals surface area (Å²) >= 11 is 12.0. The zero-order valence-corrected chi connectivity index (χ0v) is 17.8. The minimum atomic E-state index is -3.76. The van der Waals surface area contributed by atoms with E-state index in [1.807, 2.05) is 4.90 Å². The predicted octanol–water partition coefficient (Wildman–Crippen LogP) is 0.897. The number of rotatable bonds is 4. The molecule has 2 heterocycles. The van der Waals surface area contributed by atoms with Crippen molar-refractivity contribution in [3.05, 3.63) is 60.8 Å². The highest BCUT2D eigenvalue weighted by Crippen LogP contribution is 2.31. The van der Waals surface area contributed by atoms with Gasteiger partial charge in [0.1, 0.15) is 4.90 Å². The third-order valence-corrected chi connectivity index (χ3v) is 7.75. The fraction of sp³-hybridized carbons (Fsp3) is 0.412. The van der Waals surface area contributed by atoms with Gasteiger partial charge in [-0.25, -0.2) is 13.2 Å². The molecule has 0 saturated carbocycles. The third kappa shape index (κ3) is 3.90. The highest BCUT2D eigenvalue weighted by molar-refractivity contribution is 7.89. The van der Waals surface area contributed by atoms with Crippen molar-refractivity contribution in [2.24, 2.45) is 14.1 Å². The van der Waals surface area contributed by atoms with E-state index in [1.54, 1.807) is 13.1 Å². The van der Waals surface area contributed by atoms with Gasteiger partial charge in [0.25, 0.3) is 5.56 Å². The standard InChI is InChI=1S/C17H20Cl2N4O4S/c1-20-12(10-15(24)21(2)17(20)25)11-22-6-8-23(9-7-22)28(26,27)14-5-3-4-13(18)16(14)19/h3-5,10H,6-9,11H2,1-2H3. The third-order valence-electron chi connectivity index (χ3n) is 4.88. The van der Waals surface area contributed by atoms with Gasteiger partial charge in [0.05, 0.1) is 10.0 Å². The highest BCUT2D eigenvalue weighted by Gasteiger charge is 2.30. The predicted molar refractivity (Wildman–Crippen MR) is 107 cm³/mol. The van der Waals surface area contributed by atoms with Gasteiger partial charge in [-0.2, -0.15) is 4.31 Å². The average Bonchev–Trinajstić information content (AvgIpc) is 2.67. The molecule has 0 amide bonds. The molecule has 1 fully saturated rings. The molecular weight excluding hydrogens is 427 g/mol. The lowest BCUT2D eigenvalue weighted by Crippen LogP contribution is -2.49. The van der Waals surface area contributed by atoms with E-state index in [0.717, 1.165) is 4.57 Å². The van der Waals surface area contributed by atoms with Crippen LogP contribution >= 0.6 is 23.2 Å². The Labute approximate surface area is 172 Å². The maximum atomic E-state index is 12.9. The zero-order valence-electron chi connectivity index (χ0n) is 15.4. The van der Waals surface area contributed by atoms with E-state index < -0.39 is 10.0 Å². The van der Waals surface area contributed by atoms with E-state index in [-0.39, 0.29) is 39.3 Å². The summed E-state index contributed by atoms with van der Waals surface area (Å²) in [5.41, 5.74) is -0.170. The molecule has 8 nitrogen and oxygen atoms in total. The van der Waals surface area contributed by atoms with Crippen molar-refractivity contribution in [2.75, 3.05) is 26.2 Å². The molecule has 3 rings (SSSR count).